The monoisotopic (exact) mass is 386 g/mol. The van der Waals surface area contributed by atoms with Gasteiger partial charge in [0.2, 0.25) is 0 Å². The lowest BCUT2D eigenvalue weighted by Gasteiger charge is -2.14. The van der Waals surface area contributed by atoms with Gasteiger partial charge in [0.1, 0.15) is 4.88 Å². The third kappa shape index (κ3) is 4.51. The number of carbonyl (C=O) groups is 3. The Bertz CT molecular complexity index is 872. The van der Waals surface area contributed by atoms with Gasteiger partial charge < -0.3 is 10.6 Å². The van der Waals surface area contributed by atoms with Crippen LogP contribution in [0.15, 0.2) is 24.4 Å². The van der Waals surface area contributed by atoms with Crippen LogP contribution in [0.1, 0.15) is 51.3 Å². The molecule has 142 valence electrons. The Morgan fingerprint density at radius 3 is 2.59 bits per heavy atom. The van der Waals surface area contributed by atoms with Gasteiger partial charge in [0.15, 0.2) is 10.9 Å². The predicted octanol–water partition coefficient (Wildman–Crippen LogP) is 3.83. The van der Waals surface area contributed by atoms with Crippen LogP contribution in [0.2, 0.25) is 0 Å². The molecule has 0 saturated heterocycles. The number of nitrogens with one attached hydrogen (secondary N) is 3. The average Bonchev–Trinajstić information content (AvgIpc) is 3.34. The highest BCUT2D eigenvalue weighted by molar-refractivity contribution is 7.17. The molecule has 3 N–H and O–H groups in total. The van der Waals surface area contributed by atoms with Crippen LogP contribution in [-0.4, -0.2) is 29.8 Å². The molecule has 3 amide bonds. The van der Waals surface area contributed by atoms with Crippen molar-refractivity contribution in [3.05, 3.63) is 40.4 Å². The van der Waals surface area contributed by atoms with Crippen LogP contribution in [0.25, 0.3) is 0 Å². The van der Waals surface area contributed by atoms with Gasteiger partial charge in [-0.1, -0.05) is 35.8 Å². The van der Waals surface area contributed by atoms with Crippen molar-refractivity contribution in [3.63, 3.8) is 0 Å². The summed E-state index contributed by atoms with van der Waals surface area (Å²) in [6, 6.07) is 4.92. The molecule has 0 unspecified atom stereocenters. The van der Waals surface area contributed by atoms with Crippen LogP contribution < -0.4 is 16.0 Å². The summed E-state index contributed by atoms with van der Waals surface area (Å²) in [5.74, 6) is -0.143. The quantitative estimate of drug-likeness (QED) is 0.680. The number of carbonyl (C=O) groups excluding carboxylic acids is 3. The summed E-state index contributed by atoms with van der Waals surface area (Å²) >= 11 is 1.08. The maximum absolute atomic E-state index is 12.8. The summed E-state index contributed by atoms with van der Waals surface area (Å²) in [5, 5.41) is 8.16. The Kier molecular flexibility index (Phi) is 5.85. The van der Waals surface area contributed by atoms with Crippen molar-refractivity contribution >= 4 is 39.9 Å². The molecule has 1 saturated carbocycles. The van der Waals surface area contributed by atoms with Crippen LogP contribution in [0.4, 0.5) is 15.6 Å². The second-order valence-corrected chi connectivity index (χ2v) is 7.61. The number of thiazole rings is 1. The van der Waals surface area contributed by atoms with E-state index in [1.54, 1.807) is 6.07 Å². The van der Waals surface area contributed by atoms with E-state index in [1.807, 2.05) is 19.1 Å². The molecule has 27 heavy (non-hydrogen) atoms. The van der Waals surface area contributed by atoms with Crippen LogP contribution in [0.3, 0.4) is 0 Å². The van der Waals surface area contributed by atoms with Crippen molar-refractivity contribution in [2.24, 2.45) is 5.92 Å². The van der Waals surface area contributed by atoms with Crippen LogP contribution in [0, 0.1) is 12.8 Å². The average molecular weight is 386 g/mol. The molecule has 1 aromatic heterocycles. The summed E-state index contributed by atoms with van der Waals surface area (Å²) in [7, 11) is 1.53. The Balaban J connectivity index is 1.73. The van der Waals surface area contributed by atoms with Crippen LogP contribution in [-0.2, 0) is 0 Å². The number of aromatic nitrogens is 1. The molecular weight excluding hydrogens is 364 g/mol. The molecule has 1 aromatic carbocycles. The number of ketones is 1. The second kappa shape index (κ2) is 8.30. The van der Waals surface area contributed by atoms with E-state index in [-0.39, 0.29) is 17.6 Å². The van der Waals surface area contributed by atoms with Crippen LogP contribution >= 0.6 is 11.3 Å². The van der Waals surface area contributed by atoms with Crippen molar-refractivity contribution < 1.29 is 14.4 Å². The first-order valence-corrected chi connectivity index (χ1v) is 9.70. The number of urea groups is 1. The molecule has 0 bridgehead atoms. The molecule has 1 fully saturated rings. The third-order valence-electron chi connectivity index (χ3n) is 4.59. The molecule has 8 heteroatoms. The Morgan fingerprint density at radius 2 is 1.89 bits per heavy atom. The van der Waals surface area contributed by atoms with E-state index in [0.29, 0.717) is 21.3 Å². The third-order valence-corrected chi connectivity index (χ3v) is 5.50. The lowest BCUT2D eigenvalue weighted by atomic mass is 9.94. The summed E-state index contributed by atoms with van der Waals surface area (Å²) in [4.78, 5) is 41.2. The van der Waals surface area contributed by atoms with Crippen LogP contribution in [0.5, 0.6) is 0 Å². The largest absolute Gasteiger partial charge is 0.354 e. The highest BCUT2D eigenvalue weighted by Crippen LogP contribution is 2.31. The fourth-order valence-corrected chi connectivity index (χ4v) is 3.95. The van der Waals surface area contributed by atoms with E-state index in [0.717, 1.165) is 42.6 Å². The number of benzene rings is 1. The van der Waals surface area contributed by atoms with Gasteiger partial charge >= 0.3 is 6.03 Å². The van der Waals surface area contributed by atoms with Crippen molar-refractivity contribution in [2.45, 2.75) is 32.6 Å². The molecule has 0 radical (unpaired) electrons. The SMILES string of the molecule is CNC(=O)c1cnc(NC(=O)Nc2ccc(C)cc2C(=O)C2CCCC2)s1. The Labute approximate surface area is 161 Å². The van der Waals surface area contributed by atoms with Gasteiger partial charge in [-0.2, -0.15) is 0 Å². The van der Waals surface area contributed by atoms with Gasteiger partial charge in [0.25, 0.3) is 5.91 Å². The summed E-state index contributed by atoms with van der Waals surface area (Å²) < 4.78 is 0. The lowest BCUT2D eigenvalue weighted by Crippen LogP contribution is -2.22. The van der Waals surface area contributed by atoms with E-state index in [1.165, 1.54) is 13.2 Å². The smallest absolute Gasteiger partial charge is 0.325 e. The molecule has 1 aliphatic rings. The number of anilines is 2. The number of amides is 3. The fourth-order valence-electron chi connectivity index (χ4n) is 3.19. The van der Waals surface area contributed by atoms with Crippen molar-refractivity contribution in [1.29, 1.82) is 0 Å². The highest BCUT2D eigenvalue weighted by Gasteiger charge is 2.26. The minimum atomic E-state index is -0.503. The number of nitrogens with zero attached hydrogens (tertiary/aromatic N) is 1. The topological polar surface area (TPSA) is 100 Å². The summed E-state index contributed by atoms with van der Waals surface area (Å²) in [5.41, 5.74) is 2.00. The maximum atomic E-state index is 12.8. The zero-order valence-corrected chi connectivity index (χ0v) is 16.1. The minimum Gasteiger partial charge on any atom is -0.354 e. The van der Waals surface area contributed by atoms with Gasteiger partial charge in [-0.3, -0.25) is 14.9 Å². The van der Waals surface area contributed by atoms with Gasteiger partial charge in [0.05, 0.1) is 11.9 Å². The number of aryl methyl sites for hydroxylation is 1. The number of rotatable bonds is 5. The molecule has 7 nitrogen and oxygen atoms in total. The second-order valence-electron chi connectivity index (χ2n) is 6.58. The molecule has 1 heterocycles. The summed E-state index contributed by atoms with van der Waals surface area (Å²) in [6.07, 6.45) is 5.35. The predicted molar refractivity (Wildman–Crippen MR) is 106 cm³/mol. The van der Waals surface area contributed by atoms with Gasteiger partial charge in [-0.25, -0.2) is 9.78 Å². The molecule has 2 aromatic rings. The van der Waals surface area contributed by atoms with E-state index in [4.69, 9.17) is 0 Å². The van der Waals surface area contributed by atoms with E-state index in [2.05, 4.69) is 20.9 Å². The standard InChI is InChI=1S/C19H22N4O3S/c1-11-7-8-14(13(9-11)16(24)12-5-3-4-6-12)22-18(26)23-19-21-10-15(27-19)17(25)20-2/h7-10,12H,3-6H2,1-2H3,(H,20,25)(H2,21,22,23,26). The van der Waals surface area contributed by atoms with Crippen molar-refractivity contribution in [3.8, 4) is 0 Å². The van der Waals surface area contributed by atoms with Gasteiger partial charge in [-0.15, -0.1) is 0 Å². The first kappa shape index (κ1) is 19.0. The maximum Gasteiger partial charge on any atom is 0.325 e. The number of hydrogen-bond acceptors (Lipinski definition) is 5. The van der Waals surface area contributed by atoms with Crippen molar-refractivity contribution in [2.75, 3.05) is 17.7 Å². The van der Waals surface area contributed by atoms with E-state index >= 15 is 0 Å². The molecule has 0 spiro atoms. The molecular formula is C19H22N4O3S. The van der Waals surface area contributed by atoms with Crippen molar-refractivity contribution in [1.82, 2.24) is 10.3 Å². The Morgan fingerprint density at radius 1 is 1.15 bits per heavy atom. The lowest BCUT2D eigenvalue weighted by molar-refractivity contribution is 0.0922. The summed E-state index contributed by atoms with van der Waals surface area (Å²) in [6.45, 7) is 1.92. The first-order valence-electron chi connectivity index (χ1n) is 8.88. The molecule has 3 rings (SSSR count). The first-order chi connectivity index (χ1) is 13.0. The Hall–Kier alpha value is -2.74. The molecule has 0 aliphatic heterocycles. The normalized spacial score (nSPS) is 14.0. The number of hydrogen-bond donors (Lipinski definition) is 3. The number of Topliss-reactive ketones (excluding diaryl/α,β-unsaturated/α-hetero) is 1. The van der Waals surface area contributed by atoms with Gasteiger partial charge in [0, 0.05) is 18.5 Å². The zero-order valence-electron chi connectivity index (χ0n) is 15.3. The van der Waals surface area contributed by atoms with E-state index < -0.39 is 6.03 Å². The highest BCUT2D eigenvalue weighted by atomic mass is 32.1. The zero-order chi connectivity index (χ0) is 19.4. The molecule has 1 aliphatic carbocycles. The minimum absolute atomic E-state index is 0.0319. The fraction of sp³-hybridized carbons (Fsp3) is 0.368. The van der Waals surface area contributed by atoms with Gasteiger partial charge in [-0.05, 0) is 31.9 Å². The molecule has 0 atom stereocenters. The van der Waals surface area contributed by atoms with E-state index in [9.17, 15) is 14.4 Å².